The molecule has 4 heterocycles. The van der Waals surface area contributed by atoms with E-state index in [-0.39, 0.29) is 18.4 Å². The number of nitrogens with zero attached hydrogens (tertiary/aromatic N) is 6. The van der Waals surface area contributed by atoms with E-state index in [0.29, 0.717) is 42.5 Å². The van der Waals surface area contributed by atoms with Crippen LogP contribution in [-0.4, -0.2) is 66.6 Å². The van der Waals surface area contributed by atoms with E-state index in [1.165, 1.54) is 12.4 Å². The summed E-state index contributed by atoms with van der Waals surface area (Å²) in [4.78, 5) is 37.6. The van der Waals surface area contributed by atoms with Crippen molar-refractivity contribution >= 4 is 11.8 Å². The van der Waals surface area contributed by atoms with Crippen molar-refractivity contribution in [1.29, 1.82) is 0 Å². The van der Waals surface area contributed by atoms with Gasteiger partial charge in [0.05, 0.1) is 12.1 Å². The lowest BCUT2D eigenvalue weighted by molar-refractivity contribution is 0.0590. The van der Waals surface area contributed by atoms with E-state index < -0.39 is 6.04 Å². The summed E-state index contributed by atoms with van der Waals surface area (Å²) < 4.78 is 5.37. The number of pyridine rings is 1. The van der Waals surface area contributed by atoms with Gasteiger partial charge in [0.25, 0.3) is 17.7 Å². The number of hydrogen-bond acceptors (Lipinski definition) is 7. The summed E-state index contributed by atoms with van der Waals surface area (Å²) in [7, 11) is 0. The van der Waals surface area contributed by atoms with Crippen LogP contribution in [0.2, 0.25) is 0 Å². The fourth-order valence-electron chi connectivity index (χ4n) is 3.27. The number of amides is 2. The number of carbonyl (C=O) groups excluding carboxylic acids is 2. The van der Waals surface area contributed by atoms with Crippen molar-refractivity contribution in [2.45, 2.75) is 19.4 Å². The van der Waals surface area contributed by atoms with Crippen molar-refractivity contribution < 1.29 is 14.1 Å². The SMILES string of the molecule is Cc1noc(C2CN(C(=O)c3ccn[nH]3)CCCN2C(=O)c2cccnc2)n1. The van der Waals surface area contributed by atoms with Crippen LogP contribution >= 0.6 is 0 Å². The van der Waals surface area contributed by atoms with E-state index in [9.17, 15) is 9.59 Å². The van der Waals surface area contributed by atoms with Crippen LogP contribution in [0.25, 0.3) is 0 Å². The van der Waals surface area contributed by atoms with Crippen molar-refractivity contribution in [3.8, 4) is 0 Å². The fourth-order valence-corrected chi connectivity index (χ4v) is 3.27. The summed E-state index contributed by atoms with van der Waals surface area (Å²) in [5.41, 5.74) is 0.865. The van der Waals surface area contributed by atoms with Crippen molar-refractivity contribution in [3.63, 3.8) is 0 Å². The van der Waals surface area contributed by atoms with Crippen LogP contribution in [0.3, 0.4) is 0 Å². The van der Waals surface area contributed by atoms with Crippen LogP contribution in [0.1, 0.15) is 45.0 Å². The Bertz CT molecular complexity index is 955. The Kier molecular flexibility index (Phi) is 4.83. The normalized spacial score (nSPS) is 17.4. The van der Waals surface area contributed by atoms with Gasteiger partial charge in [-0.05, 0) is 31.5 Å². The second kappa shape index (κ2) is 7.59. The van der Waals surface area contributed by atoms with Crippen molar-refractivity contribution in [2.75, 3.05) is 19.6 Å². The second-order valence-electron chi connectivity index (χ2n) is 6.51. The topological polar surface area (TPSA) is 121 Å². The first-order chi connectivity index (χ1) is 13.6. The van der Waals surface area contributed by atoms with Gasteiger partial charge >= 0.3 is 0 Å². The Labute approximate surface area is 160 Å². The number of H-pyrrole nitrogens is 1. The van der Waals surface area contributed by atoms with Gasteiger partial charge in [-0.15, -0.1) is 0 Å². The van der Waals surface area contributed by atoms with Gasteiger partial charge in [-0.2, -0.15) is 10.1 Å². The predicted molar refractivity (Wildman–Crippen MR) is 96.2 cm³/mol. The number of nitrogens with one attached hydrogen (secondary N) is 1. The molecule has 1 saturated heterocycles. The Morgan fingerprint density at radius 3 is 2.79 bits per heavy atom. The third kappa shape index (κ3) is 3.48. The highest BCUT2D eigenvalue weighted by molar-refractivity contribution is 5.94. The minimum absolute atomic E-state index is 0.186. The highest BCUT2D eigenvalue weighted by Gasteiger charge is 2.35. The minimum Gasteiger partial charge on any atom is -0.337 e. The van der Waals surface area contributed by atoms with Gasteiger partial charge in [-0.1, -0.05) is 5.16 Å². The highest BCUT2D eigenvalue weighted by atomic mass is 16.5. The zero-order valence-electron chi connectivity index (χ0n) is 15.3. The molecule has 144 valence electrons. The lowest BCUT2D eigenvalue weighted by atomic mass is 10.1. The molecule has 1 atom stereocenters. The standard InChI is InChI=1S/C18H19N7O3/c1-12-21-16(28-23-12)15-11-24(18(27)14-5-7-20-22-14)8-3-9-25(15)17(26)13-4-2-6-19-10-13/h2,4-7,10,15H,3,8-9,11H2,1H3,(H,20,22). The second-order valence-corrected chi connectivity index (χ2v) is 6.51. The van der Waals surface area contributed by atoms with Gasteiger partial charge in [0.2, 0.25) is 0 Å². The molecule has 3 aromatic rings. The summed E-state index contributed by atoms with van der Waals surface area (Å²) >= 11 is 0. The number of carbonyl (C=O) groups is 2. The lowest BCUT2D eigenvalue weighted by Crippen LogP contribution is -2.40. The van der Waals surface area contributed by atoms with E-state index in [2.05, 4.69) is 25.3 Å². The van der Waals surface area contributed by atoms with Crippen LogP contribution in [0.4, 0.5) is 0 Å². The third-order valence-corrected chi connectivity index (χ3v) is 4.61. The Morgan fingerprint density at radius 1 is 1.21 bits per heavy atom. The third-order valence-electron chi connectivity index (χ3n) is 4.61. The monoisotopic (exact) mass is 381 g/mol. The van der Waals surface area contributed by atoms with E-state index in [1.54, 1.807) is 41.1 Å². The molecule has 28 heavy (non-hydrogen) atoms. The summed E-state index contributed by atoms with van der Waals surface area (Å²) in [6.07, 6.45) is 5.29. The Morgan fingerprint density at radius 2 is 2.11 bits per heavy atom. The summed E-state index contributed by atoms with van der Waals surface area (Å²) in [6.45, 7) is 2.90. The molecule has 0 radical (unpaired) electrons. The molecule has 3 aromatic heterocycles. The minimum atomic E-state index is -0.553. The smallest absolute Gasteiger partial charge is 0.271 e. The molecule has 1 aliphatic rings. The van der Waals surface area contributed by atoms with Gasteiger partial charge in [0.15, 0.2) is 5.82 Å². The molecule has 0 saturated carbocycles. The molecular formula is C18H19N7O3. The Balaban J connectivity index is 1.66. The van der Waals surface area contributed by atoms with Crippen LogP contribution in [0.15, 0.2) is 41.3 Å². The summed E-state index contributed by atoms with van der Waals surface area (Å²) in [5, 5.41) is 10.4. The number of aromatic nitrogens is 5. The van der Waals surface area contributed by atoms with Crippen LogP contribution in [-0.2, 0) is 0 Å². The van der Waals surface area contributed by atoms with Crippen molar-refractivity contribution in [3.05, 3.63) is 59.8 Å². The Hall–Kier alpha value is -3.56. The molecule has 0 aliphatic carbocycles. The first kappa shape index (κ1) is 17.8. The molecule has 0 aromatic carbocycles. The predicted octanol–water partition coefficient (Wildman–Crippen LogP) is 1.23. The van der Waals surface area contributed by atoms with E-state index in [1.807, 2.05) is 0 Å². The zero-order valence-corrected chi connectivity index (χ0v) is 15.3. The molecule has 10 heteroatoms. The van der Waals surface area contributed by atoms with Crippen LogP contribution < -0.4 is 0 Å². The van der Waals surface area contributed by atoms with Gasteiger partial charge in [0, 0.05) is 31.7 Å². The average molecular weight is 381 g/mol. The molecule has 2 amide bonds. The van der Waals surface area contributed by atoms with E-state index in [0.717, 1.165) is 0 Å². The van der Waals surface area contributed by atoms with Crippen LogP contribution in [0, 0.1) is 6.92 Å². The van der Waals surface area contributed by atoms with Gasteiger partial charge < -0.3 is 14.3 Å². The van der Waals surface area contributed by atoms with Gasteiger partial charge in [0.1, 0.15) is 11.7 Å². The molecule has 0 bridgehead atoms. The number of aromatic amines is 1. The maximum absolute atomic E-state index is 13.1. The quantitative estimate of drug-likeness (QED) is 0.724. The molecule has 1 unspecified atom stereocenters. The summed E-state index contributed by atoms with van der Waals surface area (Å²) in [6, 6.07) is 4.50. The number of rotatable bonds is 3. The molecule has 1 fully saturated rings. The number of aryl methyl sites for hydroxylation is 1. The van der Waals surface area contributed by atoms with Gasteiger partial charge in [-0.25, -0.2) is 0 Å². The summed E-state index contributed by atoms with van der Waals surface area (Å²) in [5.74, 6) is 0.401. The average Bonchev–Trinajstić information content (AvgIpc) is 3.35. The van der Waals surface area contributed by atoms with Crippen molar-refractivity contribution in [1.82, 2.24) is 35.1 Å². The van der Waals surface area contributed by atoms with Gasteiger partial charge in [-0.3, -0.25) is 19.7 Å². The number of hydrogen-bond donors (Lipinski definition) is 1. The molecule has 4 rings (SSSR count). The maximum atomic E-state index is 13.1. The molecule has 0 spiro atoms. The first-order valence-corrected chi connectivity index (χ1v) is 8.93. The van der Waals surface area contributed by atoms with E-state index >= 15 is 0 Å². The first-order valence-electron chi connectivity index (χ1n) is 8.93. The fraction of sp³-hybridized carbons (Fsp3) is 0.333. The lowest BCUT2D eigenvalue weighted by Gasteiger charge is -2.29. The van der Waals surface area contributed by atoms with E-state index in [4.69, 9.17) is 4.52 Å². The molecular weight excluding hydrogens is 362 g/mol. The van der Waals surface area contributed by atoms with Crippen LogP contribution in [0.5, 0.6) is 0 Å². The molecule has 10 nitrogen and oxygen atoms in total. The van der Waals surface area contributed by atoms with Crippen molar-refractivity contribution in [2.24, 2.45) is 0 Å². The largest absolute Gasteiger partial charge is 0.337 e. The zero-order chi connectivity index (χ0) is 19.5. The molecule has 1 N–H and O–H groups in total. The molecule has 1 aliphatic heterocycles. The highest BCUT2D eigenvalue weighted by Crippen LogP contribution is 2.26. The maximum Gasteiger partial charge on any atom is 0.271 e.